The molecule has 0 saturated heterocycles. The first-order valence-corrected chi connectivity index (χ1v) is 12.0. The van der Waals surface area contributed by atoms with Gasteiger partial charge in [0.05, 0.1) is 0 Å². The van der Waals surface area contributed by atoms with E-state index in [1.807, 2.05) is 0 Å². The molecule has 2 heteroatoms. The van der Waals surface area contributed by atoms with Crippen LogP contribution in [0.1, 0.15) is 144 Å². The molecule has 0 aliphatic carbocycles. The third-order valence-corrected chi connectivity index (χ3v) is 7.54. The van der Waals surface area contributed by atoms with Crippen molar-refractivity contribution in [3.63, 3.8) is 0 Å². The van der Waals surface area contributed by atoms with E-state index >= 15 is 0 Å². The first-order chi connectivity index (χ1) is 11.9. The molecular weight excluding hydrogens is 338 g/mol. The zero-order chi connectivity index (χ0) is 19.0. The second-order valence-electron chi connectivity index (χ2n) is 8.90. The van der Waals surface area contributed by atoms with E-state index in [1.54, 1.807) is 0 Å². The average molecular weight is 391 g/mol. The Morgan fingerprint density at radius 1 is 0.538 bits per heavy atom. The predicted octanol–water partition coefficient (Wildman–Crippen LogP) is 10.1. The van der Waals surface area contributed by atoms with Crippen LogP contribution in [0, 0.1) is 5.41 Å². The molecule has 0 aliphatic rings. The highest BCUT2D eigenvalue weighted by Crippen LogP contribution is 2.45. The van der Waals surface area contributed by atoms with E-state index in [4.69, 9.17) is 11.6 Å². The Morgan fingerprint density at radius 3 is 1.15 bits per heavy atom. The second-order valence-corrected chi connectivity index (χ2v) is 9.63. The van der Waals surface area contributed by atoms with Crippen LogP contribution in [-0.2, 0) is 0 Å². The maximum absolute atomic E-state index is 6.86. The highest BCUT2D eigenvalue weighted by molar-refractivity contribution is 6.24. The van der Waals surface area contributed by atoms with Crippen molar-refractivity contribution in [1.82, 2.24) is 6.15 Å². The summed E-state index contributed by atoms with van der Waals surface area (Å²) in [6.45, 7) is 11.5. The molecule has 0 aromatic rings. The Morgan fingerprint density at radius 2 is 0.846 bits per heavy atom. The number of rotatable bonds is 18. The van der Waals surface area contributed by atoms with Crippen LogP contribution in [0.25, 0.3) is 0 Å². The van der Waals surface area contributed by atoms with Gasteiger partial charge in [-0.15, -0.1) is 11.6 Å². The van der Waals surface area contributed by atoms with Crippen LogP contribution in [0.2, 0.25) is 0 Å². The third-order valence-electron chi connectivity index (χ3n) is 6.49. The Balaban J connectivity index is 0. The molecule has 1 nitrogen and oxygen atoms in total. The maximum atomic E-state index is 6.86. The summed E-state index contributed by atoms with van der Waals surface area (Å²) in [7, 11) is 0. The van der Waals surface area contributed by atoms with Gasteiger partial charge in [-0.1, -0.05) is 125 Å². The van der Waals surface area contributed by atoms with Gasteiger partial charge >= 0.3 is 0 Å². The van der Waals surface area contributed by atoms with Crippen LogP contribution in [0.5, 0.6) is 0 Å². The predicted molar refractivity (Wildman–Crippen MR) is 124 cm³/mol. The molecule has 0 spiro atoms. The van der Waals surface area contributed by atoms with Gasteiger partial charge < -0.3 is 6.15 Å². The summed E-state index contributed by atoms with van der Waals surface area (Å²) < 4.78 is 0. The first-order valence-electron chi connectivity index (χ1n) is 11.6. The summed E-state index contributed by atoms with van der Waals surface area (Å²) in [6, 6.07) is 0. The van der Waals surface area contributed by atoms with Crippen molar-refractivity contribution in [2.75, 3.05) is 0 Å². The molecule has 26 heavy (non-hydrogen) atoms. The highest BCUT2D eigenvalue weighted by atomic mass is 35.5. The summed E-state index contributed by atoms with van der Waals surface area (Å²) >= 11 is 6.86. The van der Waals surface area contributed by atoms with Crippen molar-refractivity contribution in [2.45, 2.75) is 149 Å². The van der Waals surface area contributed by atoms with Gasteiger partial charge in [-0.25, -0.2) is 0 Å². The van der Waals surface area contributed by atoms with Gasteiger partial charge in [0.25, 0.3) is 0 Å². The van der Waals surface area contributed by atoms with Gasteiger partial charge in [0, 0.05) is 4.87 Å². The normalized spacial score (nSPS) is 12.2. The molecule has 0 heterocycles. The molecule has 0 atom stereocenters. The number of hydrogen-bond acceptors (Lipinski definition) is 0. The monoisotopic (exact) mass is 390 g/mol. The van der Waals surface area contributed by atoms with E-state index in [9.17, 15) is 0 Å². The van der Waals surface area contributed by atoms with E-state index in [2.05, 4.69) is 34.6 Å². The Bertz CT molecular complexity index is 284. The number of unbranched alkanes of at least 4 members (excludes halogenated alkanes) is 13. The molecular formula is C24H53ClN+. The minimum atomic E-state index is -0.0104. The molecule has 0 aliphatic heterocycles. The molecule has 0 saturated carbocycles. The van der Waals surface area contributed by atoms with Gasteiger partial charge in [-0.2, -0.15) is 0 Å². The second kappa shape index (κ2) is 17.4. The van der Waals surface area contributed by atoms with Gasteiger partial charge in [0.15, 0.2) is 0 Å². The van der Waals surface area contributed by atoms with Crippen LogP contribution in [-0.4, -0.2) is 4.87 Å². The number of quaternary nitrogens is 1. The standard InChI is InChI=1S/C24H49Cl.H3N/c1-6-9-10-11-12-13-14-15-16-17-18-19-20-21-22-23(4,5)24(25,7-2)8-3;/h6-22H2,1-5H3;1H3/p+1. The smallest absolute Gasteiger partial charge is 0.0492 e. The largest absolute Gasteiger partial charge is 0.369 e. The van der Waals surface area contributed by atoms with E-state index in [-0.39, 0.29) is 16.4 Å². The van der Waals surface area contributed by atoms with Gasteiger partial charge in [-0.3, -0.25) is 0 Å². The Kier molecular flexibility index (Phi) is 19.0. The molecule has 0 unspecified atom stereocenters. The average Bonchev–Trinajstić information content (AvgIpc) is 2.61. The SMILES string of the molecule is CCCCCCCCCCCCCCCCC(C)(C)C(Cl)(CC)CC.[NH4+]. The fourth-order valence-corrected chi connectivity index (χ4v) is 4.29. The molecule has 0 aromatic carbocycles. The molecule has 0 aromatic heterocycles. The summed E-state index contributed by atoms with van der Waals surface area (Å²) in [5.41, 5.74) is 0.259. The lowest BCUT2D eigenvalue weighted by Crippen LogP contribution is -2.38. The molecule has 0 rings (SSSR count). The topological polar surface area (TPSA) is 36.5 Å². The summed E-state index contributed by atoms with van der Waals surface area (Å²) in [6.07, 6.45) is 23.5. The molecule has 160 valence electrons. The van der Waals surface area contributed by atoms with Crippen LogP contribution >= 0.6 is 11.6 Å². The Hall–Kier alpha value is 0.250. The van der Waals surface area contributed by atoms with Crippen molar-refractivity contribution in [3.05, 3.63) is 0 Å². The van der Waals surface area contributed by atoms with Crippen molar-refractivity contribution in [2.24, 2.45) is 5.41 Å². The number of alkyl halides is 1. The lowest BCUT2D eigenvalue weighted by molar-refractivity contribution is 0.203. The van der Waals surface area contributed by atoms with E-state index in [0.29, 0.717) is 0 Å². The zero-order valence-corrected chi connectivity index (χ0v) is 20.2. The van der Waals surface area contributed by atoms with E-state index < -0.39 is 0 Å². The summed E-state index contributed by atoms with van der Waals surface area (Å²) in [4.78, 5) is -0.0104. The Labute approximate surface area is 172 Å². The number of hydrogen-bond donors (Lipinski definition) is 1. The fraction of sp³-hybridized carbons (Fsp3) is 1.00. The fourth-order valence-electron chi connectivity index (χ4n) is 4.19. The van der Waals surface area contributed by atoms with E-state index in [1.165, 1.54) is 96.3 Å². The summed E-state index contributed by atoms with van der Waals surface area (Å²) in [5, 5.41) is 0. The molecule has 0 amide bonds. The zero-order valence-electron chi connectivity index (χ0n) is 19.4. The van der Waals surface area contributed by atoms with Crippen LogP contribution in [0.15, 0.2) is 0 Å². The van der Waals surface area contributed by atoms with Gasteiger partial charge in [-0.05, 0) is 24.7 Å². The molecule has 0 bridgehead atoms. The molecule has 0 radical (unpaired) electrons. The first kappa shape index (κ1) is 28.5. The third kappa shape index (κ3) is 12.6. The van der Waals surface area contributed by atoms with Crippen molar-refractivity contribution < 1.29 is 0 Å². The van der Waals surface area contributed by atoms with Crippen molar-refractivity contribution in [3.8, 4) is 0 Å². The maximum Gasteiger partial charge on any atom is 0.0492 e. The van der Waals surface area contributed by atoms with Crippen LogP contribution < -0.4 is 6.15 Å². The summed E-state index contributed by atoms with van der Waals surface area (Å²) in [5.74, 6) is 0. The molecule has 4 N–H and O–H groups in total. The number of halogens is 1. The minimum absolute atomic E-state index is 0. The quantitative estimate of drug-likeness (QED) is 0.178. The highest BCUT2D eigenvalue weighted by Gasteiger charge is 2.39. The van der Waals surface area contributed by atoms with Gasteiger partial charge in [0.2, 0.25) is 0 Å². The van der Waals surface area contributed by atoms with E-state index in [0.717, 1.165) is 12.8 Å². The van der Waals surface area contributed by atoms with Crippen LogP contribution in [0.3, 0.4) is 0 Å². The lowest BCUT2D eigenvalue weighted by Gasteiger charge is -2.41. The minimum Gasteiger partial charge on any atom is -0.369 e. The lowest BCUT2D eigenvalue weighted by atomic mass is 9.71. The van der Waals surface area contributed by atoms with Crippen molar-refractivity contribution in [1.29, 1.82) is 0 Å². The molecule has 0 fully saturated rings. The van der Waals surface area contributed by atoms with Crippen LogP contribution in [0.4, 0.5) is 0 Å². The van der Waals surface area contributed by atoms with Gasteiger partial charge in [0.1, 0.15) is 0 Å². The van der Waals surface area contributed by atoms with Crippen molar-refractivity contribution >= 4 is 11.6 Å².